The Hall–Kier alpha value is -1.26. The molecule has 0 spiro atoms. The zero-order valence-electron chi connectivity index (χ0n) is 14.7. The molecule has 2 rings (SSSR count). The number of aliphatic imine (C=N–C) groups is 1. The molecule has 0 radical (unpaired) electrons. The summed E-state index contributed by atoms with van der Waals surface area (Å²) in [4.78, 5) is 10.9. The summed E-state index contributed by atoms with van der Waals surface area (Å²) in [5.74, 6) is 2.60. The normalized spacial score (nSPS) is 11.3. The van der Waals surface area contributed by atoms with Gasteiger partial charge in [0.05, 0.1) is 32.2 Å². The maximum Gasteiger partial charge on any atom is 0.194 e. The minimum Gasteiger partial charge on any atom is -0.469 e. The first-order valence-corrected chi connectivity index (χ1v) is 8.16. The van der Waals surface area contributed by atoms with Crippen LogP contribution in [0.4, 0.5) is 0 Å². The van der Waals surface area contributed by atoms with E-state index in [0.29, 0.717) is 24.8 Å². The number of methoxy groups -OCH3 is 1. The Morgan fingerprint density at radius 2 is 2.32 bits per heavy atom. The van der Waals surface area contributed by atoms with Gasteiger partial charge in [0.15, 0.2) is 5.96 Å². The van der Waals surface area contributed by atoms with Crippen LogP contribution in [0.3, 0.4) is 0 Å². The van der Waals surface area contributed by atoms with Gasteiger partial charge in [-0.25, -0.2) is 4.98 Å². The van der Waals surface area contributed by atoms with Crippen LogP contribution in [0.1, 0.15) is 11.6 Å². The van der Waals surface area contributed by atoms with E-state index in [4.69, 9.17) is 20.8 Å². The molecule has 140 valence electrons. The number of guanidine groups is 1. The lowest BCUT2D eigenvalue weighted by Gasteiger charge is -2.22. The number of hydrogen-bond donors (Lipinski definition) is 1. The molecule has 0 aliphatic heterocycles. The molecule has 2 heterocycles. The van der Waals surface area contributed by atoms with Crippen LogP contribution in [0.25, 0.3) is 0 Å². The SMILES string of the molecule is COCCN=C(NCCc1ccco1)N(C)Cc1ncc(Cl)n1C.I. The second-order valence-electron chi connectivity index (χ2n) is 5.37. The first-order chi connectivity index (χ1) is 11.6. The van der Waals surface area contributed by atoms with Crippen LogP contribution in [0, 0.1) is 0 Å². The molecule has 0 fully saturated rings. The van der Waals surface area contributed by atoms with Gasteiger partial charge in [-0.05, 0) is 12.1 Å². The second-order valence-corrected chi connectivity index (χ2v) is 5.75. The number of rotatable bonds is 8. The van der Waals surface area contributed by atoms with Crippen molar-refractivity contribution in [1.82, 2.24) is 19.8 Å². The first kappa shape index (κ1) is 21.8. The van der Waals surface area contributed by atoms with Gasteiger partial charge in [-0.3, -0.25) is 4.99 Å². The third-order valence-electron chi connectivity index (χ3n) is 3.56. The molecule has 2 aromatic rings. The van der Waals surface area contributed by atoms with Crippen molar-refractivity contribution < 1.29 is 9.15 Å². The Balaban J connectivity index is 0.00000312. The largest absolute Gasteiger partial charge is 0.469 e. The van der Waals surface area contributed by atoms with E-state index in [9.17, 15) is 0 Å². The van der Waals surface area contributed by atoms with E-state index in [2.05, 4.69) is 15.3 Å². The van der Waals surface area contributed by atoms with Crippen LogP contribution >= 0.6 is 35.6 Å². The molecule has 0 amide bonds. The molecule has 0 saturated heterocycles. The van der Waals surface area contributed by atoms with Crippen molar-refractivity contribution in [1.29, 1.82) is 0 Å². The average Bonchev–Trinajstić information content (AvgIpc) is 3.19. The van der Waals surface area contributed by atoms with Gasteiger partial charge in [0.2, 0.25) is 0 Å². The van der Waals surface area contributed by atoms with Crippen molar-refractivity contribution in [3.05, 3.63) is 41.3 Å². The molecule has 0 aliphatic carbocycles. The van der Waals surface area contributed by atoms with Crippen molar-refractivity contribution in [3.63, 3.8) is 0 Å². The Labute approximate surface area is 170 Å². The molecule has 0 aliphatic rings. The number of nitrogens with zero attached hydrogens (tertiary/aromatic N) is 4. The molecular formula is C16H25ClIN5O2. The third-order valence-corrected chi connectivity index (χ3v) is 3.91. The minimum atomic E-state index is 0. The van der Waals surface area contributed by atoms with Gasteiger partial charge in [-0.1, -0.05) is 11.6 Å². The van der Waals surface area contributed by atoms with Crippen LogP contribution in [-0.4, -0.2) is 54.3 Å². The number of hydrogen-bond acceptors (Lipinski definition) is 4. The van der Waals surface area contributed by atoms with Gasteiger partial charge in [0.1, 0.15) is 16.7 Å². The van der Waals surface area contributed by atoms with Crippen LogP contribution in [0.2, 0.25) is 5.15 Å². The van der Waals surface area contributed by atoms with Crippen molar-refractivity contribution in [2.75, 3.05) is 33.9 Å². The van der Waals surface area contributed by atoms with Crippen molar-refractivity contribution in [3.8, 4) is 0 Å². The Morgan fingerprint density at radius 1 is 1.52 bits per heavy atom. The van der Waals surface area contributed by atoms with E-state index < -0.39 is 0 Å². The summed E-state index contributed by atoms with van der Waals surface area (Å²) in [6.45, 7) is 2.49. The number of nitrogens with one attached hydrogen (secondary N) is 1. The summed E-state index contributed by atoms with van der Waals surface area (Å²) in [5.41, 5.74) is 0. The zero-order chi connectivity index (χ0) is 17.4. The molecule has 0 bridgehead atoms. The predicted molar refractivity (Wildman–Crippen MR) is 110 cm³/mol. The first-order valence-electron chi connectivity index (χ1n) is 7.78. The van der Waals surface area contributed by atoms with Gasteiger partial charge in [-0.2, -0.15) is 0 Å². The Bertz CT molecular complexity index is 645. The molecule has 0 aromatic carbocycles. The molecule has 7 nitrogen and oxygen atoms in total. The van der Waals surface area contributed by atoms with Gasteiger partial charge < -0.3 is 23.9 Å². The maximum absolute atomic E-state index is 6.04. The average molecular weight is 482 g/mol. The third kappa shape index (κ3) is 6.87. The van der Waals surface area contributed by atoms with Gasteiger partial charge in [-0.15, -0.1) is 24.0 Å². The fourth-order valence-electron chi connectivity index (χ4n) is 2.16. The molecule has 0 saturated carbocycles. The monoisotopic (exact) mass is 481 g/mol. The molecule has 2 aromatic heterocycles. The van der Waals surface area contributed by atoms with Gasteiger partial charge in [0.25, 0.3) is 0 Å². The highest BCUT2D eigenvalue weighted by Gasteiger charge is 2.11. The number of ether oxygens (including phenoxy) is 1. The Kier molecular flexibility index (Phi) is 9.91. The minimum absolute atomic E-state index is 0. The van der Waals surface area contributed by atoms with E-state index in [-0.39, 0.29) is 24.0 Å². The second kappa shape index (κ2) is 11.4. The van der Waals surface area contributed by atoms with Crippen LogP contribution in [0.5, 0.6) is 0 Å². The van der Waals surface area contributed by atoms with Crippen molar-refractivity contribution in [2.45, 2.75) is 13.0 Å². The summed E-state index contributed by atoms with van der Waals surface area (Å²) in [6, 6.07) is 3.85. The summed E-state index contributed by atoms with van der Waals surface area (Å²) < 4.78 is 12.3. The predicted octanol–water partition coefficient (Wildman–Crippen LogP) is 2.55. The summed E-state index contributed by atoms with van der Waals surface area (Å²) in [5, 5.41) is 3.97. The van der Waals surface area contributed by atoms with E-state index in [1.165, 1.54) is 0 Å². The van der Waals surface area contributed by atoms with E-state index in [0.717, 1.165) is 30.5 Å². The van der Waals surface area contributed by atoms with Gasteiger partial charge in [0, 0.05) is 34.2 Å². The topological polar surface area (TPSA) is 67.8 Å². The molecule has 25 heavy (non-hydrogen) atoms. The lowest BCUT2D eigenvalue weighted by Crippen LogP contribution is -2.40. The van der Waals surface area contributed by atoms with Crippen LogP contribution in [0.15, 0.2) is 34.0 Å². The lowest BCUT2D eigenvalue weighted by atomic mass is 10.3. The lowest BCUT2D eigenvalue weighted by molar-refractivity contribution is 0.207. The maximum atomic E-state index is 6.04. The highest BCUT2D eigenvalue weighted by Crippen LogP contribution is 2.10. The van der Waals surface area contributed by atoms with Crippen molar-refractivity contribution in [2.24, 2.45) is 12.0 Å². The van der Waals surface area contributed by atoms with Crippen molar-refractivity contribution >= 4 is 41.5 Å². The van der Waals surface area contributed by atoms with Crippen LogP contribution in [-0.2, 0) is 24.8 Å². The number of imidazole rings is 1. The molecular weight excluding hydrogens is 457 g/mol. The summed E-state index contributed by atoms with van der Waals surface area (Å²) >= 11 is 6.04. The highest BCUT2D eigenvalue weighted by atomic mass is 127. The van der Waals surface area contributed by atoms with E-state index >= 15 is 0 Å². The molecule has 0 unspecified atom stereocenters. The van der Waals surface area contributed by atoms with E-state index in [1.807, 2.05) is 35.7 Å². The van der Waals surface area contributed by atoms with Crippen LogP contribution < -0.4 is 5.32 Å². The standard InChI is InChI=1S/C16H24ClN5O2.HI/c1-21(12-15-20-11-14(17)22(15)2)16(19-8-10-23-3)18-7-6-13-5-4-9-24-13;/h4-5,9,11H,6-8,10,12H2,1-3H3,(H,18,19);1H. The number of furan rings is 1. The molecule has 1 N–H and O–H groups in total. The van der Waals surface area contributed by atoms with E-state index in [1.54, 1.807) is 19.6 Å². The number of aromatic nitrogens is 2. The summed E-state index contributed by atoms with van der Waals surface area (Å²) in [6.07, 6.45) is 4.12. The Morgan fingerprint density at radius 3 is 2.92 bits per heavy atom. The fraction of sp³-hybridized carbons (Fsp3) is 0.500. The smallest absolute Gasteiger partial charge is 0.194 e. The summed E-state index contributed by atoms with van der Waals surface area (Å²) in [7, 11) is 5.53. The fourth-order valence-corrected chi connectivity index (χ4v) is 2.31. The molecule has 0 atom stereocenters. The van der Waals surface area contributed by atoms with Gasteiger partial charge >= 0.3 is 0 Å². The zero-order valence-corrected chi connectivity index (χ0v) is 17.8. The molecule has 9 heteroatoms. The highest BCUT2D eigenvalue weighted by molar-refractivity contribution is 14.0. The number of halogens is 2. The quantitative estimate of drug-likeness (QED) is 0.272.